The zero-order valence-corrected chi connectivity index (χ0v) is 29.7. The van der Waals surface area contributed by atoms with Crippen LogP contribution in [0.3, 0.4) is 0 Å². The topological polar surface area (TPSA) is 117 Å². The number of pyridine rings is 1. The maximum atomic E-state index is 14.4. The summed E-state index contributed by atoms with van der Waals surface area (Å²) in [6.45, 7) is 4.67. The third kappa shape index (κ3) is 7.06. The van der Waals surface area contributed by atoms with E-state index in [0.29, 0.717) is 59.1 Å². The number of para-hydroxylation sites is 2. The molecule has 51 heavy (non-hydrogen) atoms. The number of ketones is 1. The predicted octanol–water partition coefficient (Wildman–Crippen LogP) is 6.68. The van der Waals surface area contributed by atoms with Gasteiger partial charge in [-0.25, -0.2) is 17.8 Å². The Balaban J connectivity index is 1.08. The Hall–Kier alpha value is -5.20. The summed E-state index contributed by atoms with van der Waals surface area (Å²) < 4.78 is 38.4. The molecule has 0 bridgehead atoms. The number of anilines is 3. The van der Waals surface area contributed by atoms with Crippen molar-refractivity contribution in [3.05, 3.63) is 129 Å². The van der Waals surface area contributed by atoms with E-state index in [1.165, 1.54) is 17.4 Å². The summed E-state index contributed by atoms with van der Waals surface area (Å²) in [6.07, 6.45) is 2.31. The third-order valence-electron chi connectivity index (χ3n) is 9.31. The van der Waals surface area contributed by atoms with Crippen molar-refractivity contribution in [3.8, 4) is 10.4 Å². The molecule has 0 unspecified atom stereocenters. The highest BCUT2D eigenvalue weighted by atomic mass is 32.2. The molecule has 1 saturated heterocycles. The van der Waals surface area contributed by atoms with Crippen LogP contribution in [0.1, 0.15) is 52.6 Å². The molecular weight excluding hydrogens is 688 g/mol. The second-order valence-corrected chi connectivity index (χ2v) is 16.2. The van der Waals surface area contributed by atoms with Gasteiger partial charge in [0.25, 0.3) is 11.8 Å². The van der Waals surface area contributed by atoms with E-state index in [1.54, 1.807) is 54.4 Å². The quantitative estimate of drug-likeness (QED) is 0.186. The number of amides is 2. The summed E-state index contributed by atoms with van der Waals surface area (Å²) in [5.74, 6) is -0.511. The lowest BCUT2D eigenvalue weighted by atomic mass is 10.0. The minimum Gasteiger partial charge on any atom is -0.354 e. The van der Waals surface area contributed by atoms with Gasteiger partial charge in [-0.15, -0.1) is 11.3 Å². The van der Waals surface area contributed by atoms with E-state index in [0.717, 1.165) is 27.1 Å². The van der Waals surface area contributed by atoms with Crippen molar-refractivity contribution < 1.29 is 27.2 Å². The molecule has 1 N–H and O–H groups in total. The fourth-order valence-electron chi connectivity index (χ4n) is 6.58. The number of fused-ring (bicyclic) bond motifs is 3. The summed E-state index contributed by atoms with van der Waals surface area (Å²) in [4.78, 5) is 50.2. The Morgan fingerprint density at radius 3 is 2.37 bits per heavy atom. The van der Waals surface area contributed by atoms with Crippen LogP contribution >= 0.6 is 11.3 Å². The lowest BCUT2D eigenvalue weighted by molar-refractivity contribution is 0.0978. The van der Waals surface area contributed by atoms with E-state index in [2.05, 4.69) is 10.3 Å². The van der Waals surface area contributed by atoms with Crippen LogP contribution < -0.4 is 15.1 Å². The van der Waals surface area contributed by atoms with Crippen LogP contribution in [0.4, 0.5) is 21.6 Å². The SMILES string of the molecule is Cc1cnc(N2CCS(=O)(=O)CC2)c(CC(=O)c2ccc(C(=O)N3CCc4cc(C(=O)Nc5c(C)cccc5F)sc4-c4ccccc43)cc2)c1. The van der Waals surface area contributed by atoms with Crippen molar-refractivity contribution >= 4 is 56.0 Å². The number of benzene rings is 3. The Morgan fingerprint density at radius 1 is 0.902 bits per heavy atom. The largest absolute Gasteiger partial charge is 0.354 e. The second kappa shape index (κ2) is 13.8. The van der Waals surface area contributed by atoms with Crippen LogP contribution in [-0.4, -0.2) is 62.1 Å². The number of sulfone groups is 1. The first-order valence-electron chi connectivity index (χ1n) is 16.6. The molecule has 12 heteroatoms. The lowest BCUT2D eigenvalue weighted by Gasteiger charge is -2.29. The molecule has 1 fully saturated rings. The standard InChI is InChI=1S/C39H35FN4O5S2/c1-24-20-29(37(41-23-24)43-16-18-51(48,49)19-17-43)21-33(45)26-10-12-27(13-11-26)39(47)44-15-14-28-22-34(50-36(28)30-7-3-4-9-32(30)44)38(46)42-35-25(2)6-5-8-31(35)40/h3-13,20,22-23H,14-19,21H2,1-2H3,(H,42,46). The van der Waals surface area contributed by atoms with Crippen molar-refractivity contribution in [2.24, 2.45) is 0 Å². The maximum Gasteiger partial charge on any atom is 0.265 e. The lowest BCUT2D eigenvalue weighted by Crippen LogP contribution is -2.41. The van der Waals surface area contributed by atoms with Gasteiger partial charge in [-0.2, -0.15) is 0 Å². The molecule has 2 aliphatic rings. The Kier molecular flexibility index (Phi) is 9.30. The molecule has 7 rings (SSSR count). The molecule has 5 aromatic rings. The summed E-state index contributed by atoms with van der Waals surface area (Å²) >= 11 is 1.31. The molecule has 0 spiro atoms. The highest BCUT2D eigenvalue weighted by molar-refractivity contribution is 7.91. The number of aromatic nitrogens is 1. The number of nitrogens with one attached hydrogen (secondary N) is 1. The van der Waals surface area contributed by atoms with E-state index in [1.807, 2.05) is 48.2 Å². The molecule has 2 aliphatic heterocycles. The minimum absolute atomic E-state index is 0.0517. The molecule has 9 nitrogen and oxygen atoms in total. The molecule has 2 amide bonds. The van der Waals surface area contributed by atoms with Gasteiger partial charge in [-0.05, 0) is 67.3 Å². The fraction of sp³-hybridized carbons (Fsp3) is 0.231. The number of carbonyl (C=O) groups excluding carboxylic acids is 3. The molecule has 260 valence electrons. The zero-order valence-electron chi connectivity index (χ0n) is 28.1. The third-order valence-corrected chi connectivity index (χ3v) is 12.1. The number of Topliss-reactive ketones (excluding diaryl/α,β-unsaturated/α-hetero) is 1. The molecule has 4 heterocycles. The molecular formula is C39H35FN4O5S2. The van der Waals surface area contributed by atoms with E-state index in [-0.39, 0.29) is 35.3 Å². The first-order valence-corrected chi connectivity index (χ1v) is 19.3. The highest BCUT2D eigenvalue weighted by Crippen LogP contribution is 2.42. The predicted molar refractivity (Wildman–Crippen MR) is 199 cm³/mol. The van der Waals surface area contributed by atoms with Crippen molar-refractivity contribution in [2.45, 2.75) is 26.7 Å². The van der Waals surface area contributed by atoms with Crippen LogP contribution in [0.25, 0.3) is 10.4 Å². The number of hydrogen-bond donors (Lipinski definition) is 1. The van der Waals surface area contributed by atoms with E-state index < -0.39 is 21.6 Å². The minimum atomic E-state index is -3.07. The summed E-state index contributed by atoms with van der Waals surface area (Å²) in [6, 6.07) is 22.6. The monoisotopic (exact) mass is 722 g/mol. The average Bonchev–Trinajstić information content (AvgIpc) is 3.48. The number of hydrogen-bond acceptors (Lipinski definition) is 8. The van der Waals surface area contributed by atoms with Gasteiger partial charge in [0.2, 0.25) is 0 Å². The first kappa shape index (κ1) is 34.3. The first-order chi connectivity index (χ1) is 24.5. The van der Waals surface area contributed by atoms with Crippen molar-refractivity contribution in [2.75, 3.05) is 46.3 Å². The van der Waals surface area contributed by atoms with Gasteiger partial charge >= 0.3 is 0 Å². The van der Waals surface area contributed by atoms with E-state index >= 15 is 0 Å². The summed E-state index contributed by atoms with van der Waals surface area (Å²) in [5.41, 5.74) is 5.77. The maximum absolute atomic E-state index is 14.4. The number of nitrogens with zero attached hydrogens (tertiary/aromatic N) is 3. The fourth-order valence-corrected chi connectivity index (χ4v) is 8.92. The highest BCUT2D eigenvalue weighted by Gasteiger charge is 2.29. The average molecular weight is 723 g/mol. The molecule has 2 aromatic heterocycles. The van der Waals surface area contributed by atoms with Gasteiger partial charge in [0.1, 0.15) is 11.6 Å². The van der Waals surface area contributed by atoms with Crippen LogP contribution in [0.2, 0.25) is 0 Å². The molecule has 3 aromatic carbocycles. The van der Waals surface area contributed by atoms with Crippen LogP contribution in [0.5, 0.6) is 0 Å². The van der Waals surface area contributed by atoms with Crippen molar-refractivity contribution in [1.29, 1.82) is 0 Å². The van der Waals surface area contributed by atoms with Gasteiger partial charge in [-0.1, -0.05) is 48.5 Å². The number of aryl methyl sites for hydroxylation is 2. The van der Waals surface area contributed by atoms with Gasteiger partial charge in [0.05, 0.1) is 27.8 Å². The molecule has 0 atom stereocenters. The van der Waals surface area contributed by atoms with E-state index in [9.17, 15) is 27.2 Å². The number of carbonyl (C=O) groups is 3. The summed E-state index contributed by atoms with van der Waals surface area (Å²) in [5, 5.41) is 2.72. The van der Waals surface area contributed by atoms with Crippen LogP contribution in [0.15, 0.2) is 85.1 Å². The second-order valence-electron chi connectivity index (χ2n) is 12.9. The van der Waals surface area contributed by atoms with Gasteiger partial charge < -0.3 is 15.1 Å². The van der Waals surface area contributed by atoms with Crippen molar-refractivity contribution in [1.82, 2.24) is 4.98 Å². The number of thiophene rings is 1. The van der Waals surface area contributed by atoms with Crippen LogP contribution in [-0.2, 0) is 22.7 Å². The normalized spacial score (nSPS) is 15.0. The Morgan fingerprint density at radius 2 is 1.63 bits per heavy atom. The van der Waals surface area contributed by atoms with Crippen LogP contribution in [0, 0.1) is 19.7 Å². The molecule has 0 saturated carbocycles. The van der Waals surface area contributed by atoms with Gasteiger partial charge in [0, 0.05) is 59.4 Å². The Bertz CT molecular complexity index is 2270. The Labute approximate surface area is 299 Å². The molecule has 0 radical (unpaired) electrons. The zero-order chi connectivity index (χ0) is 35.9. The van der Waals surface area contributed by atoms with Gasteiger partial charge in [0.15, 0.2) is 15.6 Å². The van der Waals surface area contributed by atoms with E-state index in [4.69, 9.17) is 0 Å². The van der Waals surface area contributed by atoms with Gasteiger partial charge in [-0.3, -0.25) is 14.4 Å². The van der Waals surface area contributed by atoms with Crippen molar-refractivity contribution in [3.63, 3.8) is 0 Å². The smallest absolute Gasteiger partial charge is 0.265 e. The number of rotatable bonds is 7. The number of halogens is 1. The molecule has 0 aliphatic carbocycles. The summed E-state index contributed by atoms with van der Waals surface area (Å²) in [7, 11) is -3.07.